The minimum atomic E-state index is -0.721. The van der Waals surface area contributed by atoms with Crippen molar-refractivity contribution in [1.29, 1.82) is 0 Å². The summed E-state index contributed by atoms with van der Waals surface area (Å²) in [6.45, 7) is 1.96. The number of hydrogen-bond acceptors (Lipinski definition) is 7. The van der Waals surface area contributed by atoms with E-state index in [0.29, 0.717) is 52.0 Å². The maximum Gasteiger partial charge on any atom is 0.296 e. The lowest BCUT2D eigenvalue weighted by atomic mass is 10.00. The Hall–Kier alpha value is -3.33. The first-order valence-corrected chi connectivity index (χ1v) is 11.4. The molecule has 2 aromatic carbocycles. The molecule has 3 aromatic rings. The molecule has 9 heteroatoms. The SMILES string of the molecule is CCCC(=O)N1c2ccccc2-c2c([O-])nc(SC)n[n+]2C1c1ccc(OC)cc1OC. The van der Waals surface area contributed by atoms with Crippen LogP contribution in [-0.4, -0.2) is 36.5 Å². The summed E-state index contributed by atoms with van der Waals surface area (Å²) in [5.74, 6) is 0.684. The molecule has 1 aliphatic rings. The van der Waals surface area contributed by atoms with Crippen LogP contribution in [0.4, 0.5) is 5.69 Å². The number of amides is 1. The monoisotopic (exact) mass is 452 g/mol. The van der Waals surface area contributed by atoms with Gasteiger partial charge in [-0.25, -0.2) is 9.88 Å². The summed E-state index contributed by atoms with van der Waals surface area (Å²) < 4.78 is 12.6. The van der Waals surface area contributed by atoms with Gasteiger partial charge in [-0.2, -0.15) is 0 Å². The van der Waals surface area contributed by atoms with Crippen LogP contribution in [0.5, 0.6) is 17.4 Å². The van der Waals surface area contributed by atoms with Crippen LogP contribution in [0.25, 0.3) is 11.3 Å². The number of carbonyl (C=O) groups is 1. The van der Waals surface area contributed by atoms with E-state index < -0.39 is 12.0 Å². The summed E-state index contributed by atoms with van der Waals surface area (Å²) in [7, 11) is 3.14. The molecule has 0 saturated carbocycles. The molecule has 0 spiro atoms. The minimum absolute atomic E-state index is 0.0715. The molecule has 0 aliphatic carbocycles. The maximum absolute atomic E-state index is 13.4. The highest BCUT2D eigenvalue weighted by molar-refractivity contribution is 7.98. The van der Waals surface area contributed by atoms with E-state index in [1.807, 2.05) is 43.5 Å². The van der Waals surface area contributed by atoms with Gasteiger partial charge in [-0.3, -0.25) is 4.79 Å². The Morgan fingerprint density at radius 1 is 1.22 bits per heavy atom. The molecule has 0 N–H and O–H groups in total. The van der Waals surface area contributed by atoms with Crippen molar-refractivity contribution in [2.24, 2.45) is 0 Å². The minimum Gasteiger partial charge on any atom is -0.854 e. The number of nitrogens with zero attached hydrogens (tertiary/aromatic N) is 4. The van der Waals surface area contributed by atoms with Crippen LogP contribution >= 0.6 is 11.8 Å². The van der Waals surface area contributed by atoms with Crippen molar-refractivity contribution in [3.05, 3.63) is 48.0 Å². The highest BCUT2D eigenvalue weighted by Crippen LogP contribution is 2.43. The molecule has 1 atom stereocenters. The van der Waals surface area contributed by atoms with E-state index in [0.717, 1.165) is 0 Å². The first kappa shape index (κ1) is 21.9. The van der Waals surface area contributed by atoms with Gasteiger partial charge >= 0.3 is 0 Å². The van der Waals surface area contributed by atoms with E-state index in [9.17, 15) is 9.90 Å². The van der Waals surface area contributed by atoms with Crippen molar-refractivity contribution in [3.8, 4) is 28.6 Å². The number of rotatable bonds is 6. The second-order valence-corrected chi connectivity index (χ2v) is 7.98. The van der Waals surface area contributed by atoms with E-state index in [-0.39, 0.29) is 5.91 Å². The molecular weight excluding hydrogens is 428 g/mol. The molecule has 1 aliphatic heterocycles. The largest absolute Gasteiger partial charge is 0.854 e. The van der Waals surface area contributed by atoms with Crippen LogP contribution in [0.15, 0.2) is 47.6 Å². The average molecular weight is 453 g/mol. The zero-order valence-electron chi connectivity index (χ0n) is 18.4. The topological polar surface area (TPSA) is 91.5 Å². The van der Waals surface area contributed by atoms with E-state index >= 15 is 0 Å². The second-order valence-electron chi connectivity index (χ2n) is 7.21. The first-order valence-electron chi connectivity index (χ1n) is 10.2. The van der Waals surface area contributed by atoms with Crippen LogP contribution < -0.4 is 24.2 Å². The fourth-order valence-corrected chi connectivity index (χ4v) is 4.28. The fourth-order valence-electron chi connectivity index (χ4n) is 3.94. The molecule has 166 valence electrons. The zero-order valence-corrected chi connectivity index (χ0v) is 19.2. The summed E-state index contributed by atoms with van der Waals surface area (Å²) in [6, 6.07) is 12.7. The van der Waals surface area contributed by atoms with Gasteiger partial charge in [0.1, 0.15) is 11.5 Å². The molecule has 1 amide bonds. The molecule has 1 unspecified atom stereocenters. The van der Waals surface area contributed by atoms with E-state index in [1.165, 1.54) is 11.8 Å². The highest BCUT2D eigenvalue weighted by Gasteiger charge is 2.45. The second kappa shape index (κ2) is 9.04. The number of fused-ring (bicyclic) bond motifs is 3. The van der Waals surface area contributed by atoms with Gasteiger partial charge in [0.2, 0.25) is 5.91 Å². The Balaban J connectivity index is 2.06. The van der Waals surface area contributed by atoms with Gasteiger partial charge in [0, 0.05) is 17.6 Å². The lowest BCUT2D eigenvalue weighted by Gasteiger charge is -2.34. The quantitative estimate of drug-likeness (QED) is 0.419. The van der Waals surface area contributed by atoms with Crippen molar-refractivity contribution < 1.29 is 24.1 Å². The Morgan fingerprint density at radius 2 is 2.00 bits per heavy atom. The number of hydrogen-bond donors (Lipinski definition) is 0. The van der Waals surface area contributed by atoms with E-state index in [1.54, 1.807) is 35.9 Å². The van der Waals surface area contributed by atoms with Crippen LogP contribution in [0.3, 0.4) is 0 Å². The molecule has 0 fully saturated rings. The number of anilines is 1. The number of ether oxygens (including phenoxy) is 2. The van der Waals surface area contributed by atoms with Crippen molar-refractivity contribution >= 4 is 23.4 Å². The summed E-state index contributed by atoms with van der Waals surface area (Å²) >= 11 is 1.27. The molecule has 0 bridgehead atoms. The van der Waals surface area contributed by atoms with Crippen molar-refractivity contribution in [2.45, 2.75) is 31.1 Å². The fraction of sp³-hybridized carbons (Fsp3) is 0.304. The standard InChI is InChI=1S/C23H24N4O4S/c1-5-8-19(28)26-17-10-7-6-9-15(17)20-21(29)24-23(32-4)25-27(20)22(26)16-12-11-14(30-2)13-18(16)31-3/h6-7,9-13,22H,5,8H2,1-4H3. The number of methoxy groups -OCH3 is 2. The van der Waals surface area contributed by atoms with Gasteiger partial charge in [0.25, 0.3) is 17.0 Å². The third-order valence-electron chi connectivity index (χ3n) is 5.35. The normalized spacial score (nSPS) is 14.5. The molecular formula is C23H24N4O4S. The summed E-state index contributed by atoms with van der Waals surface area (Å²) in [5.41, 5.74) is 2.29. The molecule has 32 heavy (non-hydrogen) atoms. The number of thioether (sulfide) groups is 1. The van der Waals surface area contributed by atoms with Crippen LogP contribution in [0.1, 0.15) is 31.5 Å². The van der Waals surface area contributed by atoms with Crippen molar-refractivity contribution in [3.63, 3.8) is 0 Å². The first-order chi connectivity index (χ1) is 15.5. The lowest BCUT2D eigenvalue weighted by Crippen LogP contribution is -2.59. The molecule has 8 nitrogen and oxygen atoms in total. The van der Waals surface area contributed by atoms with Gasteiger partial charge in [-0.1, -0.05) is 35.5 Å². The smallest absolute Gasteiger partial charge is 0.296 e. The molecule has 4 rings (SSSR count). The number of para-hydroxylation sites is 1. The van der Waals surface area contributed by atoms with Crippen LogP contribution in [0, 0.1) is 0 Å². The predicted molar refractivity (Wildman–Crippen MR) is 119 cm³/mol. The number of aromatic nitrogens is 3. The van der Waals surface area contributed by atoms with Crippen molar-refractivity contribution in [1.82, 2.24) is 10.1 Å². The maximum atomic E-state index is 13.4. The van der Waals surface area contributed by atoms with E-state index in [4.69, 9.17) is 9.47 Å². The van der Waals surface area contributed by atoms with Gasteiger partial charge in [-0.05, 0) is 36.9 Å². The molecule has 1 aromatic heterocycles. The van der Waals surface area contributed by atoms with Gasteiger partial charge in [0.15, 0.2) is 0 Å². The average Bonchev–Trinajstić information content (AvgIpc) is 2.82. The number of benzene rings is 2. The van der Waals surface area contributed by atoms with Gasteiger partial charge in [-0.15, -0.1) is 0 Å². The summed E-state index contributed by atoms with van der Waals surface area (Å²) in [6.07, 6.45) is 2.13. The predicted octanol–water partition coefficient (Wildman–Crippen LogP) is 2.94. The zero-order chi connectivity index (χ0) is 22.8. The molecule has 2 heterocycles. The Kier molecular flexibility index (Phi) is 6.18. The van der Waals surface area contributed by atoms with Gasteiger partial charge in [0.05, 0.1) is 36.9 Å². The summed E-state index contributed by atoms with van der Waals surface area (Å²) in [4.78, 5) is 19.3. The molecule has 0 saturated heterocycles. The molecule has 0 radical (unpaired) electrons. The van der Waals surface area contributed by atoms with Crippen molar-refractivity contribution in [2.75, 3.05) is 25.4 Å². The Morgan fingerprint density at radius 3 is 2.69 bits per heavy atom. The van der Waals surface area contributed by atoms with Crippen LogP contribution in [-0.2, 0) is 4.79 Å². The van der Waals surface area contributed by atoms with Gasteiger partial charge < -0.3 is 14.6 Å². The van der Waals surface area contributed by atoms with E-state index in [2.05, 4.69) is 10.1 Å². The summed E-state index contributed by atoms with van der Waals surface area (Å²) in [5, 5.41) is 18.1. The number of carbonyl (C=O) groups excluding carboxylic acids is 1. The van der Waals surface area contributed by atoms with Crippen LogP contribution in [0.2, 0.25) is 0 Å². The Labute approximate surface area is 190 Å². The third-order valence-corrected chi connectivity index (χ3v) is 5.89. The third kappa shape index (κ3) is 3.62. The Bertz CT molecular complexity index is 1170. The highest BCUT2D eigenvalue weighted by atomic mass is 32.2. The lowest BCUT2D eigenvalue weighted by molar-refractivity contribution is -0.764.